The number of amides is 1. The molecule has 0 aliphatic carbocycles. The second-order valence-corrected chi connectivity index (χ2v) is 5.22. The Morgan fingerprint density at radius 1 is 1.48 bits per heavy atom. The maximum atomic E-state index is 12.0. The fourth-order valence-electron chi connectivity index (χ4n) is 1.63. The summed E-state index contributed by atoms with van der Waals surface area (Å²) in [5.74, 6) is 0.274. The molecule has 2 aromatic rings. The van der Waals surface area contributed by atoms with E-state index in [2.05, 4.69) is 5.32 Å². The summed E-state index contributed by atoms with van der Waals surface area (Å²) in [5, 5.41) is 3.30. The van der Waals surface area contributed by atoms with Crippen LogP contribution >= 0.6 is 23.2 Å². The van der Waals surface area contributed by atoms with Gasteiger partial charge in [0.1, 0.15) is 18.5 Å². The summed E-state index contributed by atoms with van der Waals surface area (Å²) in [4.78, 5) is 12.0. The number of ether oxygens (including phenoxy) is 1. The van der Waals surface area contributed by atoms with Gasteiger partial charge in [0.15, 0.2) is 0 Å². The van der Waals surface area contributed by atoms with Crippen molar-refractivity contribution in [2.45, 2.75) is 19.6 Å². The lowest BCUT2D eigenvalue weighted by Gasteiger charge is -2.15. The average Bonchev–Trinajstić information content (AvgIpc) is 2.93. The van der Waals surface area contributed by atoms with Crippen molar-refractivity contribution >= 4 is 40.5 Å². The molecule has 5 nitrogen and oxygen atoms in total. The predicted octanol–water partition coefficient (Wildman–Crippen LogP) is 3.71. The first-order valence-electron chi connectivity index (χ1n) is 6.16. The maximum absolute atomic E-state index is 12.0. The maximum Gasteiger partial charge on any atom is 0.253 e. The van der Waals surface area contributed by atoms with Crippen molar-refractivity contribution in [2.75, 3.05) is 11.1 Å². The highest BCUT2D eigenvalue weighted by molar-refractivity contribution is 6.37. The van der Waals surface area contributed by atoms with E-state index in [-0.39, 0.29) is 17.5 Å². The van der Waals surface area contributed by atoms with Crippen LogP contribution in [-0.4, -0.2) is 12.0 Å². The van der Waals surface area contributed by atoms with E-state index >= 15 is 0 Å². The zero-order valence-electron chi connectivity index (χ0n) is 11.2. The zero-order valence-corrected chi connectivity index (χ0v) is 12.7. The van der Waals surface area contributed by atoms with E-state index in [1.807, 2.05) is 0 Å². The van der Waals surface area contributed by atoms with E-state index in [1.54, 1.807) is 19.1 Å². The molecule has 1 aromatic carbocycles. The van der Waals surface area contributed by atoms with Gasteiger partial charge in [0.05, 0.1) is 22.7 Å². The van der Waals surface area contributed by atoms with Crippen LogP contribution < -0.4 is 11.1 Å². The second kappa shape index (κ2) is 6.85. The van der Waals surface area contributed by atoms with E-state index in [1.165, 1.54) is 18.4 Å². The van der Waals surface area contributed by atoms with Crippen LogP contribution in [0, 0.1) is 0 Å². The summed E-state index contributed by atoms with van der Waals surface area (Å²) in [7, 11) is 0. The molecule has 2 rings (SSSR count). The Morgan fingerprint density at radius 3 is 2.86 bits per heavy atom. The molecule has 0 aliphatic heterocycles. The van der Waals surface area contributed by atoms with E-state index in [0.717, 1.165) is 0 Å². The number of nitrogens with two attached hydrogens (primary N) is 1. The Bertz CT molecular complexity index is 606. The van der Waals surface area contributed by atoms with Gasteiger partial charge in [0.25, 0.3) is 5.91 Å². The van der Waals surface area contributed by atoms with Gasteiger partial charge in [-0.05, 0) is 31.2 Å². The molecule has 21 heavy (non-hydrogen) atoms. The first-order valence-corrected chi connectivity index (χ1v) is 6.92. The Labute approximate surface area is 132 Å². The normalized spacial score (nSPS) is 12.1. The molecule has 0 saturated carbocycles. The molecule has 1 atom stereocenters. The standard InChI is InChI=1S/C14H14Cl2N2O3/c1-8(21-7-10-3-2-4-20-10)14(19)18-13-11(16)5-9(15)6-12(13)17/h2-6,8H,7,17H2,1H3,(H,18,19). The smallest absolute Gasteiger partial charge is 0.253 e. The van der Waals surface area contributed by atoms with Crippen molar-refractivity contribution in [3.05, 3.63) is 46.3 Å². The second-order valence-electron chi connectivity index (χ2n) is 4.37. The lowest BCUT2D eigenvalue weighted by molar-refractivity contribution is -0.127. The van der Waals surface area contributed by atoms with Crippen LogP contribution in [0.15, 0.2) is 34.9 Å². The SMILES string of the molecule is CC(OCc1ccco1)C(=O)Nc1c(N)cc(Cl)cc1Cl. The fraction of sp³-hybridized carbons (Fsp3) is 0.214. The average molecular weight is 329 g/mol. The van der Waals surface area contributed by atoms with Crippen molar-refractivity contribution in [1.29, 1.82) is 0 Å². The summed E-state index contributed by atoms with van der Waals surface area (Å²) >= 11 is 11.8. The quantitative estimate of drug-likeness (QED) is 0.820. The van der Waals surface area contributed by atoms with E-state index in [4.69, 9.17) is 38.1 Å². The highest BCUT2D eigenvalue weighted by Crippen LogP contribution is 2.32. The van der Waals surface area contributed by atoms with E-state index < -0.39 is 6.10 Å². The van der Waals surface area contributed by atoms with Crippen molar-refractivity contribution in [3.8, 4) is 0 Å². The van der Waals surface area contributed by atoms with Gasteiger partial charge in [-0.15, -0.1) is 0 Å². The van der Waals surface area contributed by atoms with Crippen molar-refractivity contribution in [1.82, 2.24) is 0 Å². The Morgan fingerprint density at radius 2 is 2.24 bits per heavy atom. The summed E-state index contributed by atoms with van der Waals surface area (Å²) in [5.41, 5.74) is 6.39. The van der Waals surface area contributed by atoms with Gasteiger partial charge in [-0.3, -0.25) is 4.79 Å². The van der Waals surface area contributed by atoms with Crippen LogP contribution in [-0.2, 0) is 16.1 Å². The van der Waals surface area contributed by atoms with Crippen molar-refractivity contribution < 1.29 is 13.9 Å². The molecule has 0 aliphatic rings. The third-order valence-corrected chi connectivity index (χ3v) is 3.27. The van der Waals surface area contributed by atoms with Gasteiger partial charge in [0, 0.05) is 5.02 Å². The number of furan rings is 1. The van der Waals surface area contributed by atoms with Crippen LogP contribution in [0.1, 0.15) is 12.7 Å². The van der Waals surface area contributed by atoms with Crippen LogP contribution in [0.4, 0.5) is 11.4 Å². The minimum absolute atomic E-state index is 0.200. The predicted molar refractivity (Wildman–Crippen MR) is 82.5 cm³/mol. The topological polar surface area (TPSA) is 77.5 Å². The highest BCUT2D eigenvalue weighted by atomic mass is 35.5. The molecule has 1 amide bonds. The molecular weight excluding hydrogens is 315 g/mol. The Balaban J connectivity index is 1.97. The molecule has 7 heteroatoms. The lowest BCUT2D eigenvalue weighted by atomic mass is 10.2. The third-order valence-electron chi connectivity index (χ3n) is 2.76. The lowest BCUT2D eigenvalue weighted by Crippen LogP contribution is -2.28. The van der Waals surface area contributed by atoms with E-state index in [0.29, 0.717) is 22.2 Å². The number of hydrogen-bond acceptors (Lipinski definition) is 4. The molecular formula is C14H14Cl2N2O3. The number of nitrogen functional groups attached to an aromatic ring is 1. The van der Waals surface area contributed by atoms with Gasteiger partial charge < -0.3 is 20.2 Å². The largest absolute Gasteiger partial charge is 0.467 e. The van der Waals surface area contributed by atoms with Crippen molar-refractivity contribution in [3.63, 3.8) is 0 Å². The number of hydrogen-bond donors (Lipinski definition) is 2. The molecule has 1 aromatic heterocycles. The molecule has 0 radical (unpaired) electrons. The number of halogens is 2. The number of carbonyl (C=O) groups is 1. The molecule has 0 spiro atoms. The monoisotopic (exact) mass is 328 g/mol. The first-order chi connectivity index (χ1) is 9.97. The zero-order chi connectivity index (χ0) is 15.4. The Kier molecular flexibility index (Phi) is 5.12. The number of benzene rings is 1. The molecule has 3 N–H and O–H groups in total. The van der Waals surface area contributed by atoms with Gasteiger partial charge in [-0.25, -0.2) is 0 Å². The molecule has 112 valence electrons. The molecule has 1 heterocycles. The first kappa shape index (κ1) is 15.7. The third kappa shape index (κ3) is 4.14. The van der Waals surface area contributed by atoms with E-state index in [9.17, 15) is 4.79 Å². The Hall–Kier alpha value is -1.69. The van der Waals surface area contributed by atoms with Gasteiger partial charge in [-0.2, -0.15) is 0 Å². The summed E-state index contributed by atoms with van der Waals surface area (Å²) in [6, 6.07) is 6.52. The van der Waals surface area contributed by atoms with Crippen molar-refractivity contribution in [2.24, 2.45) is 0 Å². The number of nitrogens with one attached hydrogen (secondary N) is 1. The van der Waals surface area contributed by atoms with Crippen LogP contribution in [0.2, 0.25) is 10.0 Å². The number of rotatable bonds is 5. The minimum Gasteiger partial charge on any atom is -0.467 e. The van der Waals surface area contributed by atoms with Gasteiger partial charge in [-0.1, -0.05) is 23.2 Å². The van der Waals surface area contributed by atoms with Gasteiger partial charge in [0.2, 0.25) is 0 Å². The number of anilines is 2. The van der Waals surface area contributed by atoms with Gasteiger partial charge >= 0.3 is 0 Å². The number of carbonyl (C=O) groups excluding carboxylic acids is 1. The van der Waals surface area contributed by atoms with Crippen LogP contribution in [0.3, 0.4) is 0 Å². The summed E-state index contributed by atoms with van der Waals surface area (Å²) < 4.78 is 10.5. The molecule has 0 saturated heterocycles. The van der Waals surface area contributed by atoms with Crippen LogP contribution in [0.5, 0.6) is 0 Å². The summed E-state index contributed by atoms with van der Waals surface area (Å²) in [6.45, 7) is 1.82. The highest BCUT2D eigenvalue weighted by Gasteiger charge is 2.17. The molecule has 0 fully saturated rings. The molecule has 0 bridgehead atoms. The molecule has 1 unspecified atom stereocenters. The minimum atomic E-state index is -0.693. The van der Waals surface area contributed by atoms with Crippen LogP contribution in [0.25, 0.3) is 0 Å². The fourth-order valence-corrected chi connectivity index (χ4v) is 2.18. The summed E-state index contributed by atoms with van der Waals surface area (Å²) in [6.07, 6.45) is 0.846.